The lowest BCUT2D eigenvalue weighted by Gasteiger charge is -1.86. The van der Waals surface area contributed by atoms with Gasteiger partial charge in [0.15, 0.2) is 17.2 Å². The van der Waals surface area contributed by atoms with Gasteiger partial charge in [-0.05, 0) is 0 Å². The van der Waals surface area contributed by atoms with Gasteiger partial charge in [0.05, 0.1) is 0 Å². The Morgan fingerprint density at radius 1 is 1.44 bits per heavy atom. The topological polar surface area (TPSA) is 116 Å². The van der Waals surface area contributed by atoms with Gasteiger partial charge in [0, 0.05) is 15.8 Å². The molecule has 8 heteroatoms. The molecule has 0 aromatic carbocycles. The van der Waals surface area contributed by atoms with Gasteiger partial charge in [-0.25, -0.2) is 4.98 Å². The highest BCUT2D eigenvalue weighted by Crippen LogP contribution is 2.29. The van der Waals surface area contributed by atoms with E-state index in [1.165, 1.54) is 11.3 Å². The second kappa shape index (κ2) is 4.56. The van der Waals surface area contributed by atoms with Crippen molar-refractivity contribution in [3.63, 3.8) is 0 Å². The van der Waals surface area contributed by atoms with Crippen LogP contribution in [0.3, 0.4) is 0 Å². The first kappa shape index (κ1) is 11.0. The van der Waals surface area contributed by atoms with E-state index < -0.39 is 0 Å². The maximum absolute atomic E-state index is 5.55. The van der Waals surface area contributed by atoms with E-state index in [1.807, 2.05) is 16.3 Å². The fourth-order valence-electron chi connectivity index (χ4n) is 1.09. The molecule has 1 atom stereocenters. The van der Waals surface area contributed by atoms with Crippen molar-refractivity contribution in [1.82, 2.24) is 9.97 Å². The van der Waals surface area contributed by atoms with Crippen LogP contribution in [0.2, 0.25) is 0 Å². The van der Waals surface area contributed by atoms with Crippen molar-refractivity contribution in [3.8, 4) is 11.4 Å². The summed E-state index contributed by atoms with van der Waals surface area (Å²) in [6, 6.07) is 0. The number of thiazole rings is 2. The van der Waals surface area contributed by atoms with Crippen molar-refractivity contribution in [2.75, 3.05) is 0 Å². The molecular formula is C8H11N6S2+. The molecule has 0 aliphatic carbocycles. The summed E-state index contributed by atoms with van der Waals surface area (Å²) in [6.45, 7) is 0. The number of aromatic nitrogens is 2. The van der Waals surface area contributed by atoms with Crippen LogP contribution in [0.25, 0.3) is 11.4 Å². The first-order chi connectivity index (χ1) is 7.69. The van der Waals surface area contributed by atoms with Crippen molar-refractivity contribution in [2.24, 2.45) is 22.2 Å². The van der Waals surface area contributed by atoms with Crippen LogP contribution in [0.4, 0.5) is 5.13 Å². The molecule has 6 nitrogen and oxygen atoms in total. The normalized spacial score (nSPS) is 11.4. The molecule has 0 spiro atoms. The van der Waals surface area contributed by atoms with E-state index in [0.717, 1.165) is 11.4 Å². The molecule has 0 saturated heterocycles. The highest BCUT2D eigenvalue weighted by molar-refractivity contribution is 7.27. The average Bonchev–Trinajstić information content (AvgIpc) is 2.83. The van der Waals surface area contributed by atoms with E-state index in [9.17, 15) is 0 Å². The molecule has 0 aliphatic rings. The molecule has 0 bridgehead atoms. The summed E-state index contributed by atoms with van der Waals surface area (Å²) >= 11 is 1.37. The largest absolute Gasteiger partial charge is 0.370 e. The summed E-state index contributed by atoms with van der Waals surface area (Å²) in [5, 5.41) is 4.41. The van der Waals surface area contributed by atoms with Gasteiger partial charge in [-0.15, -0.1) is 11.3 Å². The average molecular weight is 255 g/mol. The van der Waals surface area contributed by atoms with Crippen molar-refractivity contribution in [3.05, 3.63) is 16.3 Å². The third kappa shape index (κ3) is 2.35. The zero-order valence-electron chi connectivity index (χ0n) is 8.33. The maximum atomic E-state index is 5.55. The van der Waals surface area contributed by atoms with Crippen LogP contribution in [-0.2, 0) is 5.88 Å². The molecule has 84 valence electrons. The summed E-state index contributed by atoms with van der Waals surface area (Å²) in [7, 11) is -0.0628. The van der Waals surface area contributed by atoms with E-state index in [4.69, 9.17) is 17.2 Å². The number of rotatable bonds is 3. The molecule has 1 unspecified atom stereocenters. The minimum atomic E-state index is -0.0628. The summed E-state index contributed by atoms with van der Waals surface area (Å²) < 4.78 is 0. The van der Waals surface area contributed by atoms with Crippen LogP contribution in [0, 0.1) is 0 Å². The Labute approximate surface area is 98.8 Å². The van der Waals surface area contributed by atoms with Crippen molar-refractivity contribution >= 4 is 32.9 Å². The Kier molecular flexibility index (Phi) is 3.13. The number of hydrogen-bond donors (Lipinski definition) is 3. The Bertz CT molecular complexity index is 510. The lowest BCUT2D eigenvalue weighted by molar-refractivity contribution is 1.27. The van der Waals surface area contributed by atoms with Crippen LogP contribution in [0.15, 0.2) is 21.3 Å². The Morgan fingerprint density at radius 2 is 2.25 bits per heavy atom. The van der Waals surface area contributed by atoms with Crippen molar-refractivity contribution in [2.45, 2.75) is 5.88 Å². The van der Waals surface area contributed by atoms with Gasteiger partial charge in [0.25, 0.3) is 0 Å². The highest BCUT2D eigenvalue weighted by Gasteiger charge is 2.12. The standard InChI is InChI=1S/C8H11N6S2/c9-3-16-2-6(12-4-16)5-1-15-8(13-5)14-7(10)11/h1-2,4H,3,9H2,(H4,10,11,13,14)/q+1. The first-order valence-corrected chi connectivity index (χ1v) is 6.79. The number of aliphatic imine (C=N–C) groups is 1. The molecule has 0 saturated carbocycles. The summed E-state index contributed by atoms with van der Waals surface area (Å²) in [4.78, 5) is 12.4. The van der Waals surface area contributed by atoms with Crippen LogP contribution < -0.4 is 17.2 Å². The molecule has 16 heavy (non-hydrogen) atoms. The number of hydrogen-bond acceptors (Lipinski definition) is 5. The van der Waals surface area contributed by atoms with Crippen LogP contribution in [0.1, 0.15) is 0 Å². The zero-order valence-corrected chi connectivity index (χ0v) is 9.96. The molecule has 0 radical (unpaired) electrons. The SMILES string of the molecule is NC[s+]1cnc(-c2csc(N=C(N)N)n2)c1. The molecule has 2 rings (SSSR count). The maximum Gasteiger partial charge on any atom is 0.231 e. The fourth-order valence-corrected chi connectivity index (χ4v) is 2.75. The van der Waals surface area contributed by atoms with Crippen molar-refractivity contribution < 1.29 is 0 Å². The monoisotopic (exact) mass is 255 g/mol. The van der Waals surface area contributed by atoms with Gasteiger partial charge in [-0.1, -0.05) is 0 Å². The molecule has 2 heterocycles. The first-order valence-electron chi connectivity index (χ1n) is 4.39. The predicted octanol–water partition coefficient (Wildman–Crippen LogP) is 0.775. The van der Waals surface area contributed by atoms with Gasteiger partial charge in [-0.3, -0.25) is 5.73 Å². The van der Waals surface area contributed by atoms with E-state index in [1.54, 1.807) is 0 Å². The molecule has 2 aromatic heterocycles. The molecular weight excluding hydrogens is 244 g/mol. The quantitative estimate of drug-likeness (QED) is 0.425. The molecule has 2 aromatic rings. The second-order valence-corrected chi connectivity index (χ2v) is 5.48. The van der Waals surface area contributed by atoms with Crippen LogP contribution >= 0.6 is 21.8 Å². The molecule has 0 fully saturated rings. The van der Waals surface area contributed by atoms with Crippen LogP contribution in [0.5, 0.6) is 0 Å². The van der Waals surface area contributed by atoms with Gasteiger partial charge in [0.1, 0.15) is 11.4 Å². The second-order valence-electron chi connectivity index (χ2n) is 2.93. The summed E-state index contributed by atoms with van der Waals surface area (Å²) in [5.74, 6) is 0.587. The molecule has 0 aliphatic heterocycles. The third-order valence-corrected chi connectivity index (χ3v) is 3.78. The molecule has 6 N–H and O–H groups in total. The van der Waals surface area contributed by atoms with Gasteiger partial charge in [-0.2, -0.15) is 9.98 Å². The van der Waals surface area contributed by atoms with Gasteiger partial charge in [0.2, 0.25) is 10.6 Å². The van der Waals surface area contributed by atoms with E-state index in [2.05, 4.69) is 15.0 Å². The predicted molar refractivity (Wildman–Crippen MR) is 67.5 cm³/mol. The smallest absolute Gasteiger partial charge is 0.231 e. The summed E-state index contributed by atoms with van der Waals surface area (Å²) in [5.41, 5.74) is 19.5. The Balaban J connectivity index is 2.27. The van der Waals surface area contributed by atoms with Gasteiger partial charge < -0.3 is 11.5 Å². The van der Waals surface area contributed by atoms with E-state index in [0.29, 0.717) is 11.0 Å². The Morgan fingerprint density at radius 3 is 2.88 bits per heavy atom. The summed E-state index contributed by atoms with van der Waals surface area (Å²) in [6.07, 6.45) is 0. The number of nitrogens with zero attached hydrogens (tertiary/aromatic N) is 3. The van der Waals surface area contributed by atoms with Gasteiger partial charge >= 0.3 is 0 Å². The lowest BCUT2D eigenvalue weighted by Crippen LogP contribution is -2.21. The minimum Gasteiger partial charge on any atom is -0.370 e. The van der Waals surface area contributed by atoms with E-state index in [-0.39, 0.29) is 16.4 Å². The highest BCUT2D eigenvalue weighted by atomic mass is 32.2. The van der Waals surface area contributed by atoms with E-state index >= 15 is 0 Å². The lowest BCUT2D eigenvalue weighted by atomic mass is 10.4. The Hall–Kier alpha value is -1.51. The number of guanidine groups is 1. The minimum absolute atomic E-state index is 0.00603. The van der Waals surface area contributed by atoms with Crippen LogP contribution in [-0.4, -0.2) is 15.9 Å². The zero-order chi connectivity index (χ0) is 11.5. The number of nitrogens with two attached hydrogens (primary N) is 3. The van der Waals surface area contributed by atoms with Crippen molar-refractivity contribution in [1.29, 1.82) is 0 Å². The fraction of sp³-hybridized carbons (Fsp3) is 0.125. The molecule has 0 amide bonds. The third-order valence-electron chi connectivity index (χ3n) is 1.76.